The molecule has 1 aromatic heterocycles. The summed E-state index contributed by atoms with van der Waals surface area (Å²) < 4.78 is 2.19. The van der Waals surface area contributed by atoms with Gasteiger partial charge in [-0.15, -0.1) is 0 Å². The maximum absolute atomic E-state index is 4.29. The minimum atomic E-state index is 0.869. The van der Waals surface area contributed by atoms with E-state index in [1.165, 1.54) is 22.4 Å². The summed E-state index contributed by atoms with van der Waals surface area (Å²) in [6, 6.07) is 10.5. The number of aromatic nitrogens is 2. The fraction of sp³-hybridized carbons (Fsp3) is 0.316. The molecule has 2 nitrogen and oxygen atoms in total. The molecule has 110 valence electrons. The van der Waals surface area contributed by atoms with Crippen molar-refractivity contribution in [1.82, 2.24) is 9.55 Å². The van der Waals surface area contributed by atoms with Gasteiger partial charge in [-0.05, 0) is 45.3 Å². The summed E-state index contributed by atoms with van der Waals surface area (Å²) in [4.78, 5) is 4.29. The average molecular weight is 280 g/mol. The molecule has 2 aromatic rings. The van der Waals surface area contributed by atoms with Crippen molar-refractivity contribution in [1.29, 1.82) is 0 Å². The molecule has 0 spiro atoms. The second-order valence-corrected chi connectivity index (χ2v) is 5.74. The van der Waals surface area contributed by atoms with Crippen LogP contribution < -0.4 is 0 Å². The van der Waals surface area contributed by atoms with Gasteiger partial charge in [0.05, 0.1) is 18.2 Å². The standard InChI is InChI=1S/C19H24N2/c1-16(2)8-7-9-17(3)12-19-13-20-15-21(19)14-18-10-5-4-6-11-18/h4-6,8,10-13,15H,7,9,14H2,1-3H3/b17-12-. The van der Waals surface area contributed by atoms with Crippen LogP contribution in [0.5, 0.6) is 0 Å². The largest absolute Gasteiger partial charge is 0.327 e. The minimum Gasteiger partial charge on any atom is -0.327 e. The molecule has 2 heteroatoms. The van der Waals surface area contributed by atoms with E-state index in [1.54, 1.807) is 0 Å². The Kier molecular flexibility index (Phi) is 5.56. The number of hydrogen-bond donors (Lipinski definition) is 0. The molecule has 0 saturated heterocycles. The monoisotopic (exact) mass is 280 g/mol. The van der Waals surface area contributed by atoms with Gasteiger partial charge in [-0.1, -0.05) is 47.6 Å². The highest BCUT2D eigenvalue weighted by atomic mass is 15.0. The lowest BCUT2D eigenvalue weighted by Gasteiger charge is -2.06. The summed E-state index contributed by atoms with van der Waals surface area (Å²) in [5.74, 6) is 0. The quantitative estimate of drug-likeness (QED) is 0.675. The second kappa shape index (κ2) is 7.63. The highest BCUT2D eigenvalue weighted by Crippen LogP contribution is 2.13. The van der Waals surface area contributed by atoms with Crippen molar-refractivity contribution in [2.24, 2.45) is 0 Å². The van der Waals surface area contributed by atoms with E-state index in [1.807, 2.05) is 18.6 Å². The Morgan fingerprint density at radius 2 is 1.90 bits per heavy atom. The molecule has 0 unspecified atom stereocenters. The van der Waals surface area contributed by atoms with Crippen molar-refractivity contribution >= 4 is 6.08 Å². The predicted molar refractivity (Wildman–Crippen MR) is 90.1 cm³/mol. The molecule has 2 rings (SSSR count). The van der Waals surface area contributed by atoms with Crippen LogP contribution >= 0.6 is 0 Å². The van der Waals surface area contributed by atoms with Gasteiger partial charge in [0, 0.05) is 6.54 Å². The molecule has 0 bridgehead atoms. The van der Waals surface area contributed by atoms with Gasteiger partial charge in [0.1, 0.15) is 0 Å². The second-order valence-electron chi connectivity index (χ2n) is 5.74. The first-order valence-corrected chi connectivity index (χ1v) is 7.50. The van der Waals surface area contributed by atoms with Gasteiger partial charge >= 0.3 is 0 Å². The topological polar surface area (TPSA) is 17.8 Å². The van der Waals surface area contributed by atoms with Crippen molar-refractivity contribution in [2.75, 3.05) is 0 Å². The van der Waals surface area contributed by atoms with E-state index in [0.717, 1.165) is 19.4 Å². The fourth-order valence-electron chi connectivity index (χ4n) is 2.28. The van der Waals surface area contributed by atoms with Crippen molar-refractivity contribution in [3.8, 4) is 0 Å². The number of hydrogen-bond acceptors (Lipinski definition) is 1. The van der Waals surface area contributed by atoms with E-state index in [2.05, 4.69) is 66.7 Å². The van der Waals surface area contributed by atoms with Gasteiger partial charge in [-0.2, -0.15) is 0 Å². The van der Waals surface area contributed by atoms with Gasteiger partial charge in [0.15, 0.2) is 0 Å². The zero-order valence-corrected chi connectivity index (χ0v) is 13.2. The van der Waals surface area contributed by atoms with E-state index in [0.29, 0.717) is 0 Å². The van der Waals surface area contributed by atoms with Crippen molar-refractivity contribution in [3.63, 3.8) is 0 Å². The maximum atomic E-state index is 4.29. The summed E-state index contributed by atoms with van der Waals surface area (Å²) in [6.45, 7) is 7.36. The molecule has 0 aliphatic heterocycles. The summed E-state index contributed by atoms with van der Waals surface area (Å²) in [7, 11) is 0. The number of rotatable bonds is 6. The smallest absolute Gasteiger partial charge is 0.0953 e. The van der Waals surface area contributed by atoms with Crippen LogP contribution in [0.25, 0.3) is 6.08 Å². The molecule has 0 N–H and O–H groups in total. The molecule has 0 atom stereocenters. The zero-order valence-electron chi connectivity index (χ0n) is 13.2. The third-order valence-corrected chi connectivity index (χ3v) is 3.43. The summed E-state index contributed by atoms with van der Waals surface area (Å²) >= 11 is 0. The number of imidazole rings is 1. The predicted octanol–water partition coefficient (Wildman–Crippen LogP) is 5.08. The van der Waals surface area contributed by atoms with Crippen LogP contribution in [0.4, 0.5) is 0 Å². The van der Waals surface area contributed by atoms with Gasteiger partial charge < -0.3 is 4.57 Å². The van der Waals surface area contributed by atoms with Crippen LogP contribution in [-0.4, -0.2) is 9.55 Å². The summed E-state index contributed by atoms with van der Waals surface area (Å²) in [5, 5.41) is 0. The lowest BCUT2D eigenvalue weighted by Crippen LogP contribution is -2.00. The molecule has 0 amide bonds. The average Bonchev–Trinajstić information content (AvgIpc) is 2.86. The van der Waals surface area contributed by atoms with Crippen LogP contribution in [-0.2, 0) is 6.54 Å². The molecular formula is C19H24N2. The first-order valence-electron chi connectivity index (χ1n) is 7.50. The summed E-state index contributed by atoms with van der Waals surface area (Å²) in [6.07, 6.45) is 10.6. The van der Waals surface area contributed by atoms with Crippen LogP contribution in [0.3, 0.4) is 0 Å². The molecular weight excluding hydrogens is 256 g/mol. The fourth-order valence-corrected chi connectivity index (χ4v) is 2.28. The first kappa shape index (κ1) is 15.3. The molecule has 0 aliphatic rings. The third-order valence-electron chi connectivity index (χ3n) is 3.43. The Morgan fingerprint density at radius 1 is 1.14 bits per heavy atom. The van der Waals surface area contributed by atoms with Crippen molar-refractivity contribution in [3.05, 3.63) is 71.3 Å². The summed E-state index contributed by atoms with van der Waals surface area (Å²) in [5.41, 5.74) is 5.25. The lowest BCUT2D eigenvalue weighted by atomic mass is 10.1. The Hall–Kier alpha value is -2.09. The number of allylic oxidation sites excluding steroid dienone is 3. The number of benzene rings is 1. The molecule has 0 aliphatic carbocycles. The van der Waals surface area contributed by atoms with E-state index in [-0.39, 0.29) is 0 Å². The molecule has 0 fully saturated rings. The first-order chi connectivity index (χ1) is 10.1. The van der Waals surface area contributed by atoms with Crippen LogP contribution in [0.15, 0.2) is 60.1 Å². The van der Waals surface area contributed by atoms with Crippen LogP contribution in [0.2, 0.25) is 0 Å². The van der Waals surface area contributed by atoms with Gasteiger partial charge in [-0.3, -0.25) is 0 Å². The Labute approximate surface area is 127 Å². The molecule has 1 aromatic carbocycles. The zero-order chi connectivity index (χ0) is 15.1. The minimum absolute atomic E-state index is 0.869. The van der Waals surface area contributed by atoms with Crippen LogP contribution in [0, 0.1) is 0 Å². The highest BCUT2D eigenvalue weighted by molar-refractivity contribution is 5.48. The number of nitrogens with zero attached hydrogens (tertiary/aromatic N) is 2. The van der Waals surface area contributed by atoms with E-state index < -0.39 is 0 Å². The van der Waals surface area contributed by atoms with Crippen molar-refractivity contribution in [2.45, 2.75) is 40.2 Å². The van der Waals surface area contributed by atoms with E-state index >= 15 is 0 Å². The Balaban J connectivity index is 2.04. The van der Waals surface area contributed by atoms with Gasteiger partial charge in [-0.25, -0.2) is 4.98 Å². The third kappa shape index (κ3) is 5.07. The lowest BCUT2D eigenvalue weighted by molar-refractivity contribution is 0.788. The molecule has 0 radical (unpaired) electrons. The van der Waals surface area contributed by atoms with E-state index in [9.17, 15) is 0 Å². The van der Waals surface area contributed by atoms with Crippen LogP contribution in [0.1, 0.15) is 44.9 Å². The maximum Gasteiger partial charge on any atom is 0.0953 e. The SMILES string of the molecule is CC(C)=CCC/C(C)=C\c1cncn1Cc1ccccc1. The van der Waals surface area contributed by atoms with Crippen molar-refractivity contribution < 1.29 is 0 Å². The molecule has 21 heavy (non-hydrogen) atoms. The molecule has 1 heterocycles. The highest BCUT2D eigenvalue weighted by Gasteiger charge is 2.01. The normalized spacial score (nSPS) is 11.5. The van der Waals surface area contributed by atoms with E-state index in [4.69, 9.17) is 0 Å². The molecule has 0 saturated carbocycles. The Bertz CT molecular complexity index is 614. The van der Waals surface area contributed by atoms with Gasteiger partial charge in [0.25, 0.3) is 0 Å². The Morgan fingerprint density at radius 3 is 2.62 bits per heavy atom. The van der Waals surface area contributed by atoms with Gasteiger partial charge in [0.2, 0.25) is 0 Å².